The highest BCUT2D eigenvalue weighted by molar-refractivity contribution is 9.10. The maximum Gasteiger partial charge on any atom is 0.321 e. The predicted molar refractivity (Wildman–Crippen MR) is 82.1 cm³/mol. The summed E-state index contributed by atoms with van der Waals surface area (Å²) in [5.74, 6) is -0.679. The summed E-state index contributed by atoms with van der Waals surface area (Å²) in [4.78, 5) is 25.6. The molecular formula is C15H17BrN2O3. The molecule has 1 aliphatic carbocycles. The van der Waals surface area contributed by atoms with Crippen LogP contribution in [-0.2, 0) is 4.79 Å². The fraction of sp³-hybridized carbons (Fsp3) is 0.467. The van der Waals surface area contributed by atoms with E-state index in [0.717, 1.165) is 17.3 Å². The van der Waals surface area contributed by atoms with E-state index in [2.05, 4.69) is 21.2 Å². The lowest BCUT2D eigenvalue weighted by molar-refractivity contribution is -0.149. The average molecular weight is 353 g/mol. The zero-order valence-electron chi connectivity index (χ0n) is 11.5. The lowest BCUT2D eigenvalue weighted by atomic mass is 9.81. The van der Waals surface area contributed by atoms with Gasteiger partial charge in [-0.05, 0) is 46.8 Å². The van der Waals surface area contributed by atoms with E-state index in [0.29, 0.717) is 25.2 Å². The SMILES string of the molecule is O=C(Nc1ccccc1Br)N1C[C@@H]2CCC[C@@]2(C(=O)O)C1. The number of anilines is 1. The number of carboxylic acids is 1. The summed E-state index contributed by atoms with van der Waals surface area (Å²) in [6, 6.07) is 7.16. The van der Waals surface area contributed by atoms with Gasteiger partial charge in [0.2, 0.25) is 0 Å². The van der Waals surface area contributed by atoms with Gasteiger partial charge in [0.05, 0.1) is 11.1 Å². The molecule has 2 amide bonds. The quantitative estimate of drug-likeness (QED) is 0.858. The van der Waals surface area contributed by atoms with Crippen molar-refractivity contribution in [3.8, 4) is 0 Å². The van der Waals surface area contributed by atoms with Crippen molar-refractivity contribution < 1.29 is 14.7 Å². The minimum Gasteiger partial charge on any atom is -0.481 e. The summed E-state index contributed by atoms with van der Waals surface area (Å²) >= 11 is 3.39. The monoisotopic (exact) mass is 352 g/mol. The standard InChI is InChI=1S/C15H17BrN2O3/c16-11-5-1-2-6-12(11)17-14(21)18-8-10-4-3-7-15(10,9-18)13(19)20/h1-2,5-6,10H,3-4,7-9H2,(H,17,21)(H,19,20)/t10-,15+/m0/s1. The molecule has 2 atom stereocenters. The van der Waals surface area contributed by atoms with Crippen molar-refractivity contribution >= 4 is 33.6 Å². The van der Waals surface area contributed by atoms with Crippen LogP contribution in [0.25, 0.3) is 0 Å². The van der Waals surface area contributed by atoms with E-state index in [-0.39, 0.29) is 11.9 Å². The molecule has 6 heteroatoms. The Balaban J connectivity index is 1.73. The van der Waals surface area contributed by atoms with Crippen molar-refractivity contribution in [3.63, 3.8) is 0 Å². The van der Waals surface area contributed by atoms with Crippen LogP contribution in [0.4, 0.5) is 10.5 Å². The number of halogens is 1. The van der Waals surface area contributed by atoms with Crippen LogP contribution < -0.4 is 5.32 Å². The van der Waals surface area contributed by atoms with Gasteiger partial charge in [0.1, 0.15) is 0 Å². The molecule has 0 radical (unpaired) electrons. The van der Waals surface area contributed by atoms with Gasteiger partial charge in [-0.15, -0.1) is 0 Å². The number of benzene rings is 1. The number of carbonyl (C=O) groups is 2. The van der Waals surface area contributed by atoms with Crippen molar-refractivity contribution in [2.24, 2.45) is 11.3 Å². The molecule has 1 aliphatic heterocycles. The van der Waals surface area contributed by atoms with Gasteiger partial charge in [0.15, 0.2) is 0 Å². The van der Waals surface area contributed by atoms with Gasteiger partial charge in [0, 0.05) is 17.6 Å². The lowest BCUT2D eigenvalue weighted by Crippen LogP contribution is -2.38. The van der Waals surface area contributed by atoms with E-state index >= 15 is 0 Å². The fourth-order valence-corrected chi connectivity index (χ4v) is 3.93. The Morgan fingerprint density at radius 2 is 2.14 bits per heavy atom. The zero-order valence-corrected chi connectivity index (χ0v) is 13.1. The molecule has 2 aliphatic rings. The molecule has 2 fully saturated rings. The van der Waals surface area contributed by atoms with Crippen LogP contribution in [0.2, 0.25) is 0 Å². The maximum atomic E-state index is 12.4. The Bertz CT molecular complexity index is 592. The van der Waals surface area contributed by atoms with E-state index in [1.807, 2.05) is 24.3 Å². The highest BCUT2D eigenvalue weighted by atomic mass is 79.9. The molecule has 1 aromatic rings. The van der Waals surface area contributed by atoms with E-state index < -0.39 is 11.4 Å². The molecule has 21 heavy (non-hydrogen) atoms. The first kappa shape index (κ1) is 14.4. The first-order valence-corrected chi connectivity index (χ1v) is 7.86. The summed E-state index contributed by atoms with van der Waals surface area (Å²) < 4.78 is 0.811. The Labute approximate surface area is 131 Å². The van der Waals surface area contributed by atoms with Crippen molar-refractivity contribution in [2.45, 2.75) is 19.3 Å². The van der Waals surface area contributed by atoms with Crippen molar-refractivity contribution in [3.05, 3.63) is 28.7 Å². The average Bonchev–Trinajstić information content (AvgIpc) is 2.99. The van der Waals surface area contributed by atoms with Crippen LogP contribution in [0.1, 0.15) is 19.3 Å². The molecule has 0 bridgehead atoms. The van der Waals surface area contributed by atoms with E-state index in [9.17, 15) is 14.7 Å². The number of carbonyl (C=O) groups excluding carboxylic acids is 1. The van der Waals surface area contributed by atoms with Crippen molar-refractivity contribution in [1.29, 1.82) is 0 Å². The number of likely N-dealkylation sites (tertiary alicyclic amines) is 1. The normalized spacial score (nSPS) is 27.5. The van der Waals surface area contributed by atoms with Gasteiger partial charge in [-0.3, -0.25) is 4.79 Å². The minimum absolute atomic E-state index is 0.0833. The Morgan fingerprint density at radius 3 is 2.81 bits per heavy atom. The highest BCUT2D eigenvalue weighted by Crippen LogP contribution is 2.48. The third-order valence-corrected chi connectivity index (χ3v) is 5.39. The van der Waals surface area contributed by atoms with Crippen molar-refractivity contribution in [1.82, 2.24) is 4.90 Å². The minimum atomic E-state index is -0.763. The molecule has 3 rings (SSSR count). The first-order chi connectivity index (χ1) is 10.0. The van der Waals surface area contributed by atoms with Crippen LogP contribution >= 0.6 is 15.9 Å². The van der Waals surface area contributed by atoms with Gasteiger partial charge in [-0.25, -0.2) is 4.79 Å². The fourth-order valence-electron chi connectivity index (χ4n) is 3.55. The number of hydrogen-bond acceptors (Lipinski definition) is 2. The number of rotatable bonds is 2. The van der Waals surface area contributed by atoms with Gasteiger partial charge >= 0.3 is 12.0 Å². The van der Waals surface area contributed by atoms with Gasteiger partial charge < -0.3 is 15.3 Å². The predicted octanol–water partition coefficient (Wildman–Crippen LogP) is 3.17. The smallest absolute Gasteiger partial charge is 0.321 e. The second-order valence-corrected chi connectivity index (χ2v) is 6.70. The second kappa shape index (κ2) is 5.33. The number of nitrogens with one attached hydrogen (secondary N) is 1. The van der Waals surface area contributed by atoms with Crippen LogP contribution in [-0.4, -0.2) is 35.1 Å². The van der Waals surface area contributed by atoms with Crippen LogP contribution in [0.5, 0.6) is 0 Å². The summed E-state index contributed by atoms with van der Waals surface area (Å²) in [5, 5.41) is 12.4. The molecule has 1 saturated carbocycles. The van der Waals surface area contributed by atoms with Crippen LogP contribution in [0.15, 0.2) is 28.7 Å². The largest absolute Gasteiger partial charge is 0.481 e. The number of urea groups is 1. The number of fused-ring (bicyclic) bond motifs is 1. The first-order valence-electron chi connectivity index (χ1n) is 7.07. The molecule has 112 valence electrons. The molecule has 1 saturated heterocycles. The number of hydrogen-bond donors (Lipinski definition) is 2. The molecule has 0 unspecified atom stereocenters. The number of para-hydroxylation sites is 1. The van der Waals surface area contributed by atoms with Crippen LogP contribution in [0.3, 0.4) is 0 Å². The molecule has 1 aromatic carbocycles. The number of carboxylic acid groups (broad SMARTS) is 1. The molecular weight excluding hydrogens is 336 g/mol. The molecule has 1 heterocycles. The third-order valence-electron chi connectivity index (χ3n) is 4.70. The summed E-state index contributed by atoms with van der Waals surface area (Å²) in [5.41, 5.74) is -0.0328. The zero-order chi connectivity index (χ0) is 15.0. The molecule has 2 N–H and O–H groups in total. The van der Waals surface area contributed by atoms with Gasteiger partial charge in [-0.1, -0.05) is 18.6 Å². The molecule has 5 nitrogen and oxygen atoms in total. The molecule has 0 aromatic heterocycles. The second-order valence-electron chi connectivity index (χ2n) is 5.84. The number of nitrogens with zero attached hydrogens (tertiary/aromatic N) is 1. The Morgan fingerprint density at radius 1 is 1.38 bits per heavy atom. The Kier molecular flexibility index (Phi) is 3.65. The van der Waals surface area contributed by atoms with E-state index in [4.69, 9.17) is 0 Å². The molecule has 0 spiro atoms. The van der Waals surface area contributed by atoms with Gasteiger partial charge in [-0.2, -0.15) is 0 Å². The number of aliphatic carboxylic acids is 1. The Hall–Kier alpha value is -1.56. The summed E-state index contributed by atoms with van der Waals surface area (Å²) in [6.07, 6.45) is 2.51. The third kappa shape index (κ3) is 2.41. The summed E-state index contributed by atoms with van der Waals surface area (Å²) in [6.45, 7) is 0.839. The number of amides is 2. The van der Waals surface area contributed by atoms with E-state index in [1.54, 1.807) is 4.90 Å². The van der Waals surface area contributed by atoms with Crippen LogP contribution in [0, 0.1) is 11.3 Å². The highest BCUT2D eigenvalue weighted by Gasteiger charge is 2.55. The van der Waals surface area contributed by atoms with Gasteiger partial charge in [0.25, 0.3) is 0 Å². The lowest BCUT2D eigenvalue weighted by Gasteiger charge is -2.23. The summed E-state index contributed by atoms with van der Waals surface area (Å²) in [7, 11) is 0. The topological polar surface area (TPSA) is 69.6 Å². The maximum absolute atomic E-state index is 12.4. The van der Waals surface area contributed by atoms with Crippen molar-refractivity contribution in [2.75, 3.05) is 18.4 Å². The van der Waals surface area contributed by atoms with E-state index in [1.165, 1.54) is 0 Å².